The molecular formula is C31H31N5O3S. The van der Waals surface area contributed by atoms with Gasteiger partial charge in [0, 0.05) is 42.0 Å². The van der Waals surface area contributed by atoms with Crippen molar-refractivity contribution in [1.82, 2.24) is 14.9 Å². The fourth-order valence-electron chi connectivity index (χ4n) is 5.90. The van der Waals surface area contributed by atoms with Crippen LogP contribution in [0, 0.1) is 13.8 Å². The van der Waals surface area contributed by atoms with Gasteiger partial charge >= 0.3 is 5.97 Å². The van der Waals surface area contributed by atoms with Gasteiger partial charge in [0.15, 0.2) is 5.11 Å². The van der Waals surface area contributed by atoms with Crippen LogP contribution in [0.15, 0.2) is 79.0 Å². The van der Waals surface area contributed by atoms with Crippen molar-refractivity contribution in [3.05, 3.63) is 107 Å². The summed E-state index contributed by atoms with van der Waals surface area (Å²) in [5, 5.41) is 14.0. The summed E-state index contributed by atoms with van der Waals surface area (Å²) in [5.41, 5.74) is 6.88. The van der Waals surface area contributed by atoms with Crippen molar-refractivity contribution in [3.8, 4) is 5.69 Å². The lowest BCUT2D eigenvalue weighted by molar-refractivity contribution is 0.0697. The van der Waals surface area contributed by atoms with E-state index in [1.54, 1.807) is 18.3 Å². The van der Waals surface area contributed by atoms with E-state index in [-0.39, 0.29) is 17.6 Å². The van der Waals surface area contributed by atoms with Gasteiger partial charge in [-0.2, -0.15) is 0 Å². The third-order valence-corrected chi connectivity index (χ3v) is 8.08. The molecule has 0 saturated carbocycles. The molecule has 204 valence electrons. The van der Waals surface area contributed by atoms with Crippen molar-refractivity contribution in [2.24, 2.45) is 0 Å². The van der Waals surface area contributed by atoms with E-state index in [0.717, 1.165) is 60.3 Å². The normalized spacial score (nSPS) is 19.1. The summed E-state index contributed by atoms with van der Waals surface area (Å²) in [6.45, 7) is 7.26. The second-order valence-electron chi connectivity index (χ2n) is 10.1. The first-order chi connectivity index (χ1) is 19.4. The summed E-state index contributed by atoms with van der Waals surface area (Å²) in [5.74, 6) is -0.957. The number of carbonyl (C=O) groups is 1. The molecule has 4 aromatic rings. The van der Waals surface area contributed by atoms with Crippen LogP contribution in [-0.4, -0.2) is 52.0 Å². The number of ether oxygens (including phenoxy) is 1. The monoisotopic (exact) mass is 553 g/mol. The van der Waals surface area contributed by atoms with Crippen LogP contribution in [0.2, 0.25) is 0 Å². The number of para-hydroxylation sites is 1. The van der Waals surface area contributed by atoms with Gasteiger partial charge in [-0.25, -0.2) is 4.79 Å². The van der Waals surface area contributed by atoms with Gasteiger partial charge < -0.3 is 29.5 Å². The maximum Gasteiger partial charge on any atom is 0.337 e. The summed E-state index contributed by atoms with van der Waals surface area (Å²) >= 11 is 5.94. The molecule has 0 bridgehead atoms. The summed E-state index contributed by atoms with van der Waals surface area (Å²) in [6.07, 6.45) is 1.79. The lowest BCUT2D eigenvalue weighted by atomic mass is 9.96. The van der Waals surface area contributed by atoms with Crippen LogP contribution in [0.3, 0.4) is 0 Å². The second-order valence-corrected chi connectivity index (χ2v) is 10.5. The maximum atomic E-state index is 12.1. The Labute approximate surface area is 238 Å². The average molecular weight is 554 g/mol. The number of aryl methyl sites for hydroxylation is 1. The number of carboxylic acid groups (broad SMARTS) is 1. The Morgan fingerprint density at radius 2 is 1.70 bits per heavy atom. The highest BCUT2D eigenvalue weighted by Gasteiger charge is 2.42. The van der Waals surface area contributed by atoms with E-state index in [4.69, 9.17) is 17.0 Å². The molecule has 2 N–H and O–H groups in total. The lowest BCUT2D eigenvalue weighted by Gasteiger charge is -2.31. The molecule has 0 unspecified atom stereocenters. The largest absolute Gasteiger partial charge is 0.478 e. The summed E-state index contributed by atoms with van der Waals surface area (Å²) in [7, 11) is 0. The van der Waals surface area contributed by atoms with Crippen LogP contribution in [0.5, 0.6) is 0 Å². The minimum atomic E-state index is -0.957. The molecular weight excluding hydrogens is 522 g/mol. The number of carboxylic acids is 1. The number of nitrogens with zero attached hydrogens (tertiary/aromatic N) is 4. The van der Waals surface area contributed by atoms with E-state index in [9.17, 15) is 9.90 Å². The molecule has 2 atom stereocenters. The van der Waals surface area contributed by atoms with E-state index < -0.39 is 5.97 Å². The molecule has 0 aliphatic carbocycles. The van der Waals surface area contributed by atoms with E-state index in [2.05, 4.69) is 50.4 Å². The van der Waals surface area contributed by atoms with Crippen molar-refractivity contribution >= 4 is 34.7 Å². The van der Waals surface area contributed by atoms with Gasteiger partial charge in [0.2, 0.25) is 0 Å². The number of aromatic carboxylic acids is 1. The topological polar surface area (TPSA) is 82.9 Å². The first-order valence-corrected chi connectivity index (χ1v) is 13.8. The standard InChI is InChI=1S/C31H31N5O3S/c1-20-19-25(21(2)35(20)27-9-4-3-7-24(27)30(37)38)29-28(26-8-5-6-14-32-26)33-31(40)36(29)23-12-10-22(11-13-23)34-15-17-39-18-16-34/h3-14,19,28-29H,15-18H2,1-2H3,(H,33,40)(H,37,38)/t28-,29-/m1/s1. The van der Waals surface area contributed by atoms with Crippen LogP contribution in [-0.2, 0) is 4.74 Å². The van der Waals surface area contributed by atoms with Gasteiger partial charge in [-0.15, -0.1) is 0 Å². The number of morpholine rings is 1. The first kappa shape index (κ1) is 26.0. The van der Waals surface area contributed by atoms with Crippen LogP contribution in [0.25, 0.3) is 5.69 Å². The van der Waals surface area contributed by atoms with Crippen molar-refractivity contribution in [3.63, 3.8) is 0 Å². The summed E-state index contributed by atoms with van der Waals surface area (Å²) in [6, 6.07) is 23.3. The Morgan fingerprint density at radius 3 is 2.40 bits per heavy atom. The molecule has 0 spiro atoms. The SMILES string of the molecule is Cc1cc([C@@H]2[C@@H](c3ccccn3)NC(=S)N2c2ccc(N3CCOCC3)cc2)c(C)n1-c1ccccc1C(=O)O. The molecule has 40 heavy (non-hydrogen) atoms. The number of hydrogen-bond acceptors (Lipinski definition) is 5. The number of benzene rings is 2. The predicted molar refractivity (Wildman–Crippen MR) is 160 cm³/mol. The molecule has 6 rings (SSSR count). The van der Waals surface area contributed by atoms with Crippen LogP contribution in [0.4, 0.5) is 11.4 Å². The van der Waals surface area contributed by atoms with E-state index in [1.165, 1.54) is 0 Å². The molecule has 0 radical (unpaired) electrons. The zero-order valence-corrected chi connectivity index (χ0v) is 23.3. The van der Waals surface area contributed by atoms with Gasteiger partial charge in [-0.05, 0) is 86.2 Å². The number of aromatic nitrogens is 2. The van der Waals surface area contributed by atoms with E-state index in [0.29, 0.717) is 10.8 Å². The third-order valence-electron chi connectivity index (χ3n) is 7.77. The van der Waals surface area contributed by atoms with E-state index in [1.807, 2.05) is 48.7 Å². The number of anilines is 2. The van der Waals surface area contributed by atoms with Crippen molar-refractivity contribution in [2.75, 3.05) is 36.1 Å². The third kappa shape index (κ3) is 4.61. The molecule has 2 saturated heterocycles. The summed E-state index contributed by atoms with van der Waals surface area (Å²) in [4.78, 5) is 21.2. The number of thiocarbonyl (C=S) groups is 1. The van der Waals surface area contributed by atoms with Gasteiger partial charge in [0.05, 0.1) is 42.2 Å². The minimum absolute atomic E-state index is 0.198. The number of hydrogen-bond donors (Lipinski definition) is 2. The van der Waals surface area contributed by atoms with Gasteiger partial charge in [-0.1, -0.05) is 18.2 Å². The first-order valence-electron chi connectivity index (χ1n) is 13.4. The second kappa shape index (κ2) is 10.7. The highest BCUT2D eigenvalue weighted by Crippen LogP contribution is 2.44. The van der Waals surface area contributed by atoms with Gasteiger partial charge in [0.25, 0.3) is 0 Å². The predicted octanol–water partition coefficient (Wildman–Crippen LogP) is 5.20. The summed E-state index contributed by atoms with van der Waals surface area (Å²) < 4.78 is 7.54. The molecule has 4 heterocycles. The van der Waals surface area contributed by atoms with Crippen molar-refractivity contribution in [2.45, 2.75) is 25.9 Å². The Kier molecular flexibility index (Phi) is 7.00. The number of rotatable bonds is 6. The molecule has 2 aliphatic rings. The molecule has 2 aromatic carbocycles. The molecule has 9 heteroatoms. The van der Waals surface area contributed by atoms with Crippen LogP contribution >= 0.6 is 12.2 Å². The molecule has 8 nitrogen and oxygen atoms in total. The van der Waals surface area contributed by atoms with Crippen LogP contribution in [0.1, 0.15) is 45.1 Å². The maximum absolute atomic E-state index is 12.1. The fourth-order valence-corrected chi connectivity index (χ4v) is 6.25. The zero-order valence-electron chi connectivity index (χ0n) is 22.4. The highest BCUT2D eigenvalue weighted by atomic mass is 32.1. The number of pyridine rings is 1. The van der Waals surface area contributed by atoms with Crippen molar-refractivity contribution < 1.29 is 14.6 Å². The Bertz CT molecular complexity index is 1550. The Hall–Kier alpha value is -4.21. The molecule has 2 fully saturated rings. The Morgan fingerprint density at radius 1 is 1.00 bits per heavy atom. The minimum Gasteiger partial charge on any atom is -0.478 e. The van der Waals surface area contributed by atoms with E-state index >= 15 is 0 Å². The lowest BCUT2D eigenvalue weighted by Crippen LogP contribution is -2.36. The fraction of sp³-hybridized carbons (Fsp3) is 0.258. The molecule has 2 aromatic heterocycles. The highest BCUT2D eigenvalue weighted by molar-refractivity contribution is 7.80. The smallest absolute Gasteiger partial charge is 0.337 e. The zero-order chi connectivity index (χ0) is 27.8. The molecule has 2 aliphatic heterocycles. The molecule has 0 amide bonds. The Balaban J connectivity index is 1.45. The quantitative estimate of drug-likeness (QED) is 0.315. The number of nitrogens with one attached hydrogen (secondary N) is 1. The van der Waals surface area contributed by atoms with Gasteiger partial charge in [0.1, 0.15) is 0 Å². The van der Waals surface area contributed by atoms with Crippen LogP contribution < -0.4 is 15.1 Å². The van der Waals surface area contributed by atoms with Crippen molar-refractivity contribution in [1.29, 1.82) is 0 Å². The van der Waals surface area contributed by atoms with Gasteiger partial charge in [-0.3, -0.25) is 4.98 Å². The average Bonchev–Trinajstić information content (AvgIpc) is 3.48.